The Morgan fingerprint density at radius 2 is 2.15 bits per heavy atom. The Hall–Kier alpha value is -1.15. The smallest absolute Gasteiger partial charge is 0.244 e. The summed E-state index contributed by atoms with van der Waals surface area (Å²) < 4.78 is 27.5. The molecule has 1 aromatic rings. The van der Waals surface area contributed by atoms with Crippen molar-refractivity contribution in [2.45, 2.75) is 43.5 Å². The van der Waals surface area contributed by atoms with Crippen molar-refractivity contribution in [2.75, 3.05) is 26.2 Å². The molecule has 0 saturated carbocycles. The highest BCUT2D eigenvalue weighted by molar-refractivity contribution is 7.89. The molecule has 0 radical (unpaired) electrons. The van der Waals surface area contributed by atoms with Crippen LogP contribution >= 0.6 is 11.6 Å². The van der Waals surface area contributed by atoms with E-state index in [2.05, 4.69) is 10.6 Å². The third-order valence-electron chi connectivity index (χ3n) is 5.13. The first kappa shape index (κ1) is 19.6. The standard InChI is InChI=1S/C18H26ClN3O3S/c1-13-6-7-15(19)17(10-13)26(24,25)22-9-3-4-14(12-22)11-21-18(23)16-5-2-8-20-16/h6-7,10,14,16,20H,2-5,8-9,11-12H2,1H3,(H,21,23). The quantitative estimate of drug-likeness (QED) is 0.792. The molecular formula is C18H26ClN3O3S. The van der Waals surface area contributed by atoms with Crippen LogP contribution in [0.25, 0.3) is 0 Å². The molecule has 0 bridgehead atoms. The van der Waals surface area contributed by atoms with Gasteiger partial charge >= 0.3 is 0 Å². The van der Waals surface area contributed by atoms with Crippen LogP contribution in [0.5, 0.6) is 0 Å². The molecule has 2 fully saturated rings. The molecule has 2 unspecified atom stereocenters. The van der Waals surface area contributed by atoms with Gasteiger partial charge in [-0.1, -0.05) is 17.7 Å². The van der Waals surface area contributed by atoms with E-state index in [4.69, 9.17) is 11.6 Å². The summed E-state index contributed by atoms with van der Waals surface area (Å²) in [6.45, 7) is 4.13. The van der Waals surface area contributed by atoms with Crippen molar-refractivity contribution in [2.24, 2.45) is 5.92 Å². The number of piperidine rings is 1. The second-order valence-electron chi connectivity index (χ2n) is 7.20. The van der Waals surface area contributed by atoms with E-state index < -0.39 is 10.0 Å². The molecule has 2 N–H and O–H groups in total. The van der Waals surface area contributed by atoms with Crippen LogP contribution in [0.1, 0.15) is 31.2 Å². The second-order valence-corrected chi connectivity index (χ2v) is 9.51. The van der Waals surface area contributed by atoms with Crippen LogP contribution in [0.3, 0.4) is 0 Å². The lowest BCUT2D eigenvalue weighted by Crippen LogP contribution is -2.46. The molecule has 144 valence electrons. The molecule has 0 spiro atoms. The van der Waals surface area contributed by atoms with Crippen LogP contribution in [0.4, 0.5) is 0 Å². The number of aryl methyl sites for hydroxylation is 1. The summed E-state index contributed by atoms with van der Waals surface area (Å²) in [5.74, 6) is 0.136. The minimum Gasteiger partial charge on any atom is -0.354 e. The Bertz CT molecular complexity index is 763. The van der Waals surface area contributed by atoms with E-state index in [0.29, 0.717) is 19.6 Å². The zero-order valence-corrected chi connectivity index (χ0v) is 16.6. The highest BCUT2D eigenvalue weighted by Gasteiger charge is 2.32. The van der Waals surface area contributed by atoms with Crippen LogP contribution in [0.15, 0.2) is 23.1 Å². The molecule has 26 heavy (non-hydrogen) atoms. The number of sulfonamides is 1. The van der Waals surface area contributed by atoms with Gasteiger partial charge in [-0.2, -0.15) is 4.31 Å². The fourth-order valence-electron chi connectivity index (χ4n) is 3.64. The van der Waals surface area contributed by atoms with E-state index in [1.165, 1.54) is 4.31 Å². The topological polar surface area (TPSA) is 78.5 Å². The van der Waals surface area contributed by atoms with Gasteiger partial charge in [0.1, 0.15) is 4.90 Å². The monoisotopic (exact) mass is 399 g/mol. The lowest BCUT2D eigenvalue weighted by Gasteiger charge is -2.32. The SMILES string of the molecule is Cc1ccc(Cl)c(S(=O)(=O)N2CCCC(CNC(=O)C3CCCN3)C2)c1. The predicted octanol–water partition coefficient (Wildman–Crippen LogP) is 1.92. The fraction of sp³-hybridized carbons (Fsp3) is 0.611. The number of carbonyl (C=O) groups is 1. The van der Waals surface area contributed by atoms with Crippen LogP contribution in [0, 0.1) is 12.8 Å². The van der Waals surface area contributed by atoms with Crippen molar-refractivity contribution in [1.82, 2.24) is 14.9 Å². The molecule has 1 amide bonds. The molecule has 8 heteroatoms. The number of rotatable bonds is 5. The maximum atomic E-state index is 13.0. The Morgan fingerprint density at radius 1 is 1.35 bits per heavy atom. The number of benzene rings is 1. The van der Waals surface area contributed by atoms with Gasteiger partial charge in [0.25, 0.3) is 0 Å². The van der Waals surface area contributed by atoms with Gasteiger partial charge in [-0.05, 0) is 62.8 Å². The van der Waals surface area contributed by atoms with Crippen molar-refractivity contribution in [3.63, 3.8) is 0 Å². The summed E-state index contributed by atoms with van der Waals surface area (Å²) in [6, 6.07) is 4.94. The maximum Gasteiger partial charge on any atom is 0.244 e. The van der Waals surface area contributed by atoms with Gasteiger partial charge in [0.05, 0.1) is 11.1 Å². The number of halogens is 1. The molecule has 2 saturated heterocycles. The summed E-state index contributed by atoms with van der Waals surface area (Å²) in [6.07, 6.45) is 3.57. The molecule has 2 atom stereocenters. The molecule has 0 aliphatic carbocycles. The van der Waals surface area contributed by atoms with Gasteiger partial charge in [0.15, 0.2) is 0 Å². The zero-order chi connectivity index (χ0) is 18.7. The van der Waals surface area contributed by atoms with Gasteiger partial charge in [-0.25, -0.2) is 8.42 Å². The molecule has 6 nitrogen and oxygen atoms in total. The van der Waals surface area contributed by atoms with Crippen LogP contribution in [-0.4, -0.2) is 50.9 Å². The van der Waals surface area contributed by atoms with Gasteiger partial charge in [-0.3, -0.25) is 4.79 Å². The molecule has 2 aliphatic rings. The third kappa shape index (κ3) is 4.39. The van der Waals surface area contributed by atoms with E-state index in [1.54, 1.807) is 18.2 Å². The second kappa shape index (κ2) is 8.25. The average molecular weight is 400 g/mol. The summed E-state index contributed by atoms with van der Waals surface area (Å²) in [7, 11) is -3.63. The zero-order valence-electron chi connectivity index (χ0n) is 15.0. The average Bonchev–Trinajstić information content (AvgIpc) is 3.16. The molecule has 2 aliphatic heterocycles. The Kier molecular flexibility index (Phi) is 6.22. The normalized spacial score (nSPS) is 24.5. The third-order valence-corrected chi connectivity index (χ3v) is 7.47. The minimum absolute atomic E-state index is 0.0178. The van der Waals surface area contributed by atoms with Gasteiger partial charge < -0.3 is 10.6 Å². The summed E-state index contributed by atoms with van der Waals surface area (Å²) >= 11 is 6.14. The number of nitrogens with zero attached hydrogens (tertiary/aromatic N) is 1. The number of nitrogens with one attached hydrogen (secondary N) is 2. The fourth-order valence-corrected chi connectivity index (χ4v) is 5.75. The van der Waals surface area contributed by atoms with Crippen LogP contribution in [0.2, 0.25) is 5.02 Å². The largest absolute Gasteiger partial charge is 0.354 e. The van der Waals surface area contributed by atoms with Crippen molar-refractivity contribution >= 4 is 27.5 Å². The van der Waals surface area contributed by atoms with E-state index >= 15 is 0 Å². The lowest BCUT2D eigenvalue weighted by molar-refractivity contribution is -0.123. The Balaban J connectivity index is 1.64. The van der Waals surface area contributed by atoms with E-state index in [1.807, 2.05) is 6.92 Å². The van der Waals surface area contributed by atoms with Crippen molar-refractivity contribution in [3.05, 3.63) is 28.8 Å². The lowest BCUT2D eigenvalue weighted by atomic mass is 9.99. The van der Waals surface area contributed by atoms with Gasteiger partial charge in [0.2, 0.25) is 15.9 Å². The van der Waals surface area contributed by atoms with Crippen molar-refractivity contribution in [1.29, 1.82) is 0 Å². The molecule has 0 aromatic heterocycles. The molecule has 2 heterocycles. The van der Waals surface area contributed by atoms with Crippen molar-refractivity contribution < 1.29 is 13.2 Å². The van der Waals surface area contributed by atoms with Crippen LogP contribution < -0.4 is 10.6 Å². The van der Waals surface area contributed by atoms with E-state index in [-0.39, 0.29) is 27.8 Å². The summed E-state index contributed by atoms with van der Waals surface area (Å²) in [5.41, 5.74) is 0.859. The highest BCUT2D eigenvalue weighted by Crippen LogP contribution is 2.29. The number of hydrogen-bond acceptors (Lipinski definition) is 4. The van der Waals surface area contributed by atoms with Gasteiger partial charge in [0, 0.05) is 19.6 Å². The summed E-state index contributed by atoms with van der Waals surface area (Å²) in [4.78, 5) is 12.3. The molecule has 1 aromatic carbocycles. The van der Waals surface area contributed by atoms with Gasteiger partial charge in [-0.15, -0.1) is 0 Å². The molecular weight excluding hydrogens is 374 g/mol. The predicted molar refractivity (Wildman–Crippen MR) is 102 cm³/mol. The Morgan fingerprint density at radius 3 is 2.88 bits per heavy atom. The highest BCUT2D eigenvalue weighted by atomic mass is 35.5. The number of carbonyl (C=O) groups excluding carboxylic acids is 1. The summed E-state index contributed by atoms with van der Waals surface area (Å²) in [5, 5.41) is 6.40. The number of amides is 1. The molecule has 3 rings (SSSR count). The first-order valence-corrected chi connectivity index (χ1v) is 11.0. The first-order chi connectivity index (χ1) is 12.4. The Labute approximate surface area is 160 Å². The van der Waals surface area contributed by atoms with Crippen molar-refractivity contribution in [3.8, 4) is 0 Å². The number of hydrogen-bond donors (Lipinski definition) is 2. The first-order valence-electron chi connectivity index (χ1n) is 9.15. The van der Waals surface area contributed by atoms with Crippen LogP contribution in [-0.2, 0) is 14.8 Å². The van der Waals surface area contributed by atoms with E-state index in [9.17, 15) is 13.2 Å². The minimum atomic E-state index is -3.63. The maximum absolute atomic E-state index is 13.0. The van der Waals surface area contributed by atoms with E-state index in [0.717, 1.165) is 37.8 Å².